The molecule has 1 aliphatic heterocycles. The molecule has 3 aliphatic carbocycles. The maximum absolute atomic E-state index is 14.9. The van der Waals surface area contributed by atoms with Gasteiger partial charge in [-0.1, -0.05) is 62.4 Å². The maximum atomic E-state index is 14.9. The number of ketones is 1. The number of Topliss-reactive ketones (excluding diaryl/α,β-unsaturated/α-hetero) is 1. The molecule has 66 heavy (non-hydrogen) atoms. The van der Waals surface area contributed by atoms with E-state index in [0.29, 0.717) is 17.7 Å². The second-order valence-corrected chi connectivity index (χ2v) is 18.6. The van der Waals surface area contributed by atoms with Crippen molar-refractivity contribution < 1.29 is 87.9 Å². The molecule has 1 heterocycles. The lowest BCUT2D eigenvalue weighted by Crippen LogP contribution is -2.81. The van der Waals surface area contributed by atoms with Gasteiger partial charge in [0.1, 0.15) is 35.6 Å². The van der Waals surface area contributed by atoms with Crippen LogP contribution in [0.4, 0.5) is 4.79 Å². The zero-order valence-corrected chi connectivity index (χ0v) is 37.8. The van der Waals surface area contributed by atoms with Crippen LogP contribution in [-0.4, -0.2) is 132 Å². The van der Waals surface area contributed by atoms with Crippen LogP contribution in [0.2, 0.25) is 0 Å². The van der Waals surface area contributed by atoms with Crippen molar-refractivity contribution in [3.05, 3.63) is 95.1 Å². The van der Waals surface area contributed by atoms with E-state index < -0.39 is 124 Å². The minimum atomic E-state index is -2.35. The van der Waals surface area contributed by atoms with Gasteiger partial charge in [0.15, 0.2) is 17.5 Å². The quantitative estimate of drug-likeness (QED) is 0.0780. The van der Waals surface area contributed by atoms with E-state index in [-0.39, 0.29) is 29.7 Å². The van der Waals surface area contributed by atoms with Crippen LogP contribution in [0.15, 0.2) is 84.0 Å². The van der Waals surface area contributed by atoms with E-state index in [4.69, 9.17) is 33.9 Å². The standard InChI is InChI=1S/C43H53NO14.C4H4O4/c1-22-26(55-37(51)32(48)30(24-15-11-9-12-16-24)44-38(52)58-39(3,4)5)20-43(53)35(56-36(50)25-17-13-10-14-18-25)33-41(8,34(49)31(47)29(22)40(43,6)7)27(46)19-28-42(33,21-54-28)57-23(2)45;5-3(6)1-2-4(7)8/h9-18,26-28,30-33,35,46-48,53H,19-21H2,1-8H3,(H,44,52);1-2H,(H,5,6)(H,7,8)/t26-,27-,28+,30-,31+,32+,33-,35-,41+,42-,43+;/m0./s1. The molecule has 2 bridgehead atoms. The van der Waals surface area contributed by atoms with Crippen LogP contribution >= 0.6 is 0 Å². The van der Waals surface area contributed by atoms with Gasteiger partial charge >= 0.3 is 35.9 Å². The summed E-state index contributed by atoms with van der Waals surface area (Å²) in [7, 11) is 0. The molecular weight excluding hydrogens is 867 g/mol. The first kappa shape index (κ1) is 51.0. The predicted octanol–water partition coefficient (Wildman–Crippen LogP) is 2.97. The van der Waals surface area contributed by atoms with Crippen molar-refractivity contribution in [3.63, 3.8) is 0 Å². The number of hydrogen-bond donors (Lipinski definition) is 7. The Kier molecular flexibility index (Phi) is 14.7. The van der Waals surface area contributed by atoms with Gasteiger partial charge < -0.3 is 59.6 Å². The highest BCUT2D eigenvalue weighted by molar-refractivity contribution is 5.94. The van der Waals surface area contributed by atoms with Gasteiger partial charge in [0.05, 0.1) is 35.6 Å². The number of esters is 3. The fraction of sp³-hybridized carbons (Fsp3) is 0.511. The van der Waals surface area contributed by atoms with Crippen LogP contribution < -0.4 is 5.32 Å². The lowest BCUT2D eigenvalue weighted by Gasteiger charge is -2.67. The molecule has 1 saturated heterocycles. The molecular formula is C47H57NO18. The zero-order chi connectivity index (χ0) is 49.3. The van der Waals surface area contributed by atoms with Crippen LogP contribution in [0, 0.1) is 16.7 Å². The molecule has 1 amide bonds. The van der Waals surface area contributed by atoms with Crippen LogP contribution in [0.25, 0.3) is 0 Å². The molecule has 358 valence electrons. The van der Waals surface area contributed by atoms with Crippen LogP contribution in [-0.2, 0) is 47.7 Å². The summed E-state index contributed by atoms with van der Waals surface area (Å²) in [6.45, 7) is 11.8. The number of amides is 1. The second-order valence-electron chi connectivity index (χ2n) is 18.6. The van der Waals surface area contributed by atoms with Crippen LogP contribution in [0.3, 0.4) is 0 Å². The van der Waals surface area contributed by atoms with Crippen molar-refractivity contribution in [1.29, 1.82) is 0 Å². The lowest BCUT2D eigenvalue weighted by atomic mass is 9.44. The van der Waals surface area contributed by atoms with Gasteiger partial charge in [0.2, 0.25) is 0 Å². The van der Waals surface area contributed by atoms with Crippen molar-refractivity contribution in [2.45, 2.75) is 128 Å². The molecule has 19 heteroatoms. The fourth-order valence-corrected chi connectivity index (χ4v) is 9.70. The van der Waals surface area contributed by atoms with Crippen LogP contribution in [0.1, 0.15) is 90.2 Å². The first-order valence-electron chi connectivity index (χ1n) is 21.1. The molecule has 19 nitrogen and oxygen atoms in total. The smallest absolute Gasteiger partial charge is 0.408 e. The van der Waals surface area contributed by atoms with E-state index in [1.54, 1.807) is 83.1 Å². The van der Waals surface area contributed by atoms with Crippen molar-refractivity contribution >= 4 is 41.7 Å². The number of carboxylic acids is 2. The Labute approximate surface area is 380 Å². The molecule has 2 aromatic carbocycles. The van der Waals surface area contributed by atoms with E-state index in [0.717, 1.165) is 6.92 Å². The minimum Gasteiger partial charge on any atom is -0.478 e. The molecule has 2 aromatic rings. The summed E-state index contributed by atoms with van der Waals surface area (Å²) < 4.78 is 29.5. The molecule has 0 spiro atoms. The molecule has 2 saturated carbocycles. The van der Waals surface area contributed by atoms with Gasteiger partial charge in [-0.3, -0.25) is 9.59 Å². The Morgan fingerprint density at radius 3 is 1.95 bits per heavy atom. The minimum absolute atomic E-state index is 0.0637. The SMILES string of the molecule is CC(=O)O[C@@]12CO[C@@H]1C[C@H](O)[C@@]1(C)C(=O)[C@H](O)C3=C(C)[C@@H](OC(=O)[C@H](O)[C@@H](NC(=O)OC(C)(C)C)c4ccccc4)C[C@@](O)([C@@H](OC(=O)c4ccccc4)[C@H]21)C3(C)C.O=C(O)C=CC(=O)O. The number of hydrogen-bond acceptors (Lipinski definition) is 16. The Bertz CT molecular complexity index is 2250. The third-order valence-electron chi connectivity index (χ3n) is 12.9. The van der Waals surface area contributed by atoms with Crippen molar-refractivity contribution in [3.8, 4) is 0 Å². The Hall–Kier alpha value is -5.99. The van der Waals surface area contributed by atoms with Gasteiger partial charge in [-0.25, -0.2) is 24.0 Å². The Balaban J connectivity index is 0.000000933. The number of aliphatic hydroxyl groups excluding tert-OH is 3. The molecule has 0 radical (unpaired) electrons. The zero-order valence-electron chi connectivity index (χ0n) is 37.8. The van der Waals surface area contributed by atoms with E-state index in [2.05, 4.69) is 5.32 Å². The number of carbonyl (C=O) groups excluding carboxylic acids is 5. The topological polar surface area (TPSA) is 299 Å². The molecule has 11 atom stereocenters. The monoisotopic (exact) mass is 923 g/mol. The van der Waals surface area contributed by atoms with Crippen molar-refractivity contribution in [2.75, 3.05) is 6.61 Å². The number of benzene rings is 2. The second kappa shape index (κ2) is 19.1. The third-order valence-corrected chi connectivity index (χ3v) is 12.9. The number of alkyl carbamates (subject to hydrolysis) is 1. The summed E-state index contributed by atoms with van der Waals surface area (Å²) in [5.74, 6) is -7.88. The highest BCUT2D eigenvalue weighted by atomic mass is 16.6. The average Bonchev–Trinajstić information content (AvgIpc) is 3.23. The highest BCUT2D eigenvalue weighted by Gasteiger charge is 2.78. The lowest BCUT2D eigenvalue weighted by molar-refractivity contribution is -0.346. The van der Waals surface area contributed by atoms with Crippen LogP contribution in [0.5, 0.6) is 0 Å². The van der Waals surface area contributed by atoms with E-state index >= 15 is 0 Å². The Morgan fingerprint density at radius 2 is 1.45 bits per heavy atom. The summed E-state index contributed by atoms with van der Waals surface area (Å²) in [5.41, 5.74) is -8.14. The molecule has 7 N–H and O–H groups in total. The predicted molar refractivity (Wildman–Crippen MR) is 228 cm³/mol. The maximum Gasteiger partial charge on any atom is 0.408 e. The summed E-state index contributed by atoms with van der Waals surface area (Å²) in [4.78, 5) is 88.0. The number of fused-ring (bicyclic) bond motifs is 5. The average molecular weight is 924 g/mol. The summed E-state index contributed by atoms with van der Waals surface area (Å²) >= 11 is 0. The van der Waals surface area contributed by atoms with Gasteiger partial charge in [0.25, 0.3) is 0 Å². The molecule has 0 unspecified atom stereocenters. The number of ether oxygens (including phenoxy) is 5. The number of nitrogens with one attached hydrogen (secondary N) is 1. The summed E-state index contributed by atoms with van der Waals surface area (Å²) in [5, 5.41) is 67.2. The van der Waals surface area contributed by atoms with Gasteiger partial charge in [-0.15, -0.1) is 0 Å². The fourth-order valence-electron chi connectivity index (χ4n) is 9.70. The highest BCUT2D eigenvalue weighted by Crippen LogP contribution is 2.64. The molecule has 4 aliphatic rings. The van der Waals surface area contributed by atoms with Gasteiger partial charge in [-0.05, 0) is 63.5 Å². The first-order valence-corrected chi connectivity index (χ1v) is 21.1. The molecule has 3 fully saturated rings. The number of carbonyl (C=O) groups is 7. The third kappa shape index (κ3) is 9.76. The van der Waals surface area contributed by atoms with E-state index in [1.807, 2.05) is 0 Å². The number of carboxylic acid groups (broad SMARTS) is 2. The molecule has 6 rings (SSSR count). The number of aliphatic carboxylic acids is 2. The largest absolute Gasteiger partial charge is 0.478 e. The van der Waals surface area contributed by atoms with Gasteiger partial charge in [-0.2, -0.15) is 0 Å². The summed E-state index contributed by atoms with van der Waals surface area (Å²) in [6.07, 6.45) is -10.4. The number of rotatable bonds is 10. The van der Waals surface area contributed by atoms with E-state index in [9.17, 15) is 54.0 Å². The number of aliphatic hydroxyl groups is 4. The van der Waals surface area contributed by atoms with Crippen molar-refractivity contribution in [1.82, 2.24) is 5.32 Å². The molecule has 0 aromatic heterocycles. The summed E-state index contributed by atoms with van der Waals surface area (Å²) in [6, 6.07) is 14.6. The van der Waals surface area contributed by atoms with Gasteiger partial charge in [0, 0.05) is 37.3 Å². The van der Waals surface area contributed by atoms with E-state index in [1.165, 1.54) is 26.0 Å². The normalized spacial score (nSPS) is 30.8. The Morgan fingerprint density at radius 1 is 0.894 bits per heavy atom. The van der Waals surface area contributed by atoms with Crippen molar-refractivity contribution in [2.24, 2.45) is 16.7 Å². The first-order chi connectivity index (χ1) is 30.6.